The lowest BCUT2D eigenvalue weighted by Gasteiger charge is -2.34. The Kier molecular flexibility index (Phi) is 12.3. The SMILES string of the molecule is CCCNC(=O)C(Cc1ccccc1)N(Cc1cccc(OC)c1)C(=O)CN(c1ccc(OC)cc1)S(=O)(=O)c1ccc(C)c([N+](=O)[O-])c1. The average Bonchev–Trinajstić information content (AvgIpc) is 3.11. The van der Waals surface area contributed by atoms with Crippen molar-refractivity contribution in [2.24, 2.45) is 0 Å². The van der Waals surface area contributed by atoms with Crippen LogP contribution in [0.25, 0.3) is 0 Å². The smallest absolute Gasteiger partial charge is 0.273 e. The van der Waals surface area contributed by atoms with Gasteiger partial charge in [0.1, 0.15) is 24.1 Å². The van der Waals surface area contributed by atoms with Gasteiger partial charge in [-0.2, -0.15) is 0 Å². The number of carbonyl (C=O) groups excluding carboxylic acids is 2. The summed E-state index contributed by atoms with van der Waals surface area (Å²) in [7, 11) is -1.57. The summed E-state index contributed by atoms with van der Waals surface area (Å²) >= 11 is 0. The molecule has 0 saturated heterocycles. The number of ether oxygens (including phenoxy) is 2. The molecular weight excluding hydrogens is 648 g/mol. The topological polar surface area (TPSA) is 148 Å². The Morgan fingerprint density at radius 3 is 2.18 bits per heavy atom. The van der Waals surface area contributed by atoms with Crippen molar-refractivity contribution in [3.8, 4) is 11.5 Å². The van der Waals surface area contributed by atoms with Gasteiger partial charge in [0, 0.05) is 31.1 Å². The van der Waals surface area contributed by atoms with Crippen LogP contribution in [0.5, 0.6) is 11.5 Å². The van der Waals surface area contributed by atoms with E-state index in [-0.39, 0.29) is 34.8 Å². The molecule has 2 amide bonds. The van der Waals surface area contributed by atoms with E-state index in [1.807, 2.05) is 37.3 Å². The number of methoxy groups -OCH3 is 2. The van der Waals surface area contributed by atoms with Crippen molar-refractivity contribution in [1.82, 2.24) is 10.2 Å². The first-order valence-electron chi connectivity index (χ1n) is 15.6. The van der Waals surface area contributed by atoms with E-state index >= 15 is 0 Å². The molecule has 0 aliphatic carbocycles. The second-order valence-corrected chi connectivity index (χ2v) is 13.1. The van der Waals surface area contributed by atoms with Crippen molar-refractivity contribution in [3.63, 3.8) is 0 Å². The van der Waals surface area contributed by atoms with Crippen LogP contribution < -0.4 is 19.1 Å². The van der Waals surface area contributed by atoms with Gasteiger partial charge >= 0.3 is 0 Å². The Hall–Kier alpha value is -5.43. The molecule has 13 heteroatoms. The third-order valence-electron chi connectivity index (χ3n) is 7.91. The predicted octanol–water partition coefficient (Wildman–Crippen LogP) is 5.28. The fraction of sp³-hybridized carbons (Fsp3) is 0.278. The monoisotopic (exact) mass is 688 g/mol. The van der Waals surface area contributed by atoms with Crippen molar-refractivity contribution in [1.29, 1.82) is 0 Å². The largest absolute Gasteiger partial charge is 0.497 e. The van der Waals surface area contributed by atoms with Crippen molar-refractivity contribution in [3.05, 3.63) is 124 Å². The molecule has 1 unspecified atom stereocenters. The molecule has 1 atom stereocenters. The van der Waals surface area contributed by atoms with Gasteiger partial charge in [0.2, 0.25) is 11.8 Å². The summed E-state index contributed by atoms with van der Waals surface area (Å²) in [4.78, 5) is 40.5. The van der Waals surface area contributed by atoms with Gasteiger partial charge in [0.15, 0.2) is 0 Å². The molecule has 0 spiro atoms. The lowest BCUT2D eigenvalue weighted by Crippen LogP contribution is -2.53. The number of nitrogens with zero attached hydrogens (tertiary/aromatic N) is 3. The molecule has 4 rings (SSSR count). The zero-order chi connectivity index (χ0) is 35.6. The summed E-state index contributed by atoms with van der Waals surface area (Å²) < 4.78 is 40.2. The molecule has 0 aliphatic heterocycles. The highest BCUT2D eigenvalue weighted by Crippen LogP contribution is 2.30. The van der Waals surface area contributed by atoms with E-state index in [4.69, 9.17) is 9.47 Å². The van der Waals surface area contributed by atoms with E-state index in [9.17, 15) is 28.1 Å². The summed E-state index contributed by atoms with van der Waals surface area (Å²) in [5, 5.41) is 14.6. The third kappa shape index (κ3) is 9.14. The highest BCUT2D eigenvalue weighted by atomic mass is 32.2. The van der Waals surface area contributed by atoms with Crippen LogP contribution in [0.2, 0.25) is 0 Å². The first kappa shape index (κ1) is 36.4. The van der Waals surface area contributed by atoms with Crippen LogP contribution in [0.3, 0.4) is 0 Å². The standard InChI is InChI=1S/C36H40N4O8S/c1-5-20-37-36(42)34(22-27-10-7-6-8-11-27)38(24-28-12-9-13-31(21-28)48-4)35(41)25-39(29-15-17-30(47-3)18-16-29)49(45,46)32-19-14-26(2)33(23-32)40(43)44/h6-19,21,23,34H,5,20,22,24-25H2,1-4H3,(H,37,42). The van der Waals surface area contributed by atoms with Crippen LogP contribution >= 0.6 is 0 Å². The highest BCUT2D eigenvalue weighted by Gasteiger charge is 2.35. The van der Waals surface area contributed by atoms with Gasteiger partial charge in [0.05, 0.1) is 29.7 Å². The number of aryl methyl sites for hydroxylation is 1. The minimum atomic E-state index is -4.56. The molecule has 258 valence electrons. The number of hydrogen-bond acceptors (Lipinski definition) is 8. The fourth-order valence-electron chi connectivity index (χ4n) is 5.24. The van der Waals surface area contributed by atoms with Crippen molar-refractivity contribution in [2.75, 3.05) is 31.6 Å². The molecule has 4 aromatic carbocycles. The van der Waals surface area contributed by atoms with Crippen molar-refractivity contribution in [2.45, 2.75) is 44.2 Å². The zero-order valence-electron chi connectivity index (χ0n) is 27.9. The van der Waals surface area contributed by atoms with Crippen LogP contribution in [0.1, 0.15) is 30.0 Å². The van der Waals surface area contributed by atoms with Crippen LogP contribution in [0, 0.1) is 17.0 Å². The molecule has 1 N–H and O–H groups in total. The molecule has 0 heterocycles. The second-order valence-electron chi connectivity index (χ2n) is 11.3. The van der Waals surface area contributed by atoms with E-state index in [0.29, 0.717) is 30.0 Å². The number of sulfonamides is 1. The quantitative estimate of drug-likeness (QED) is 0.124. The number of anilines is 1. The van der Waals surface area contributed by atoms with Crippen LogP contribution in [0.15, 0.2) is 102 Å². The summed E-state index contributed by atoms with van der Waals surface area (Å²) in [6.07, 6.45) is 0.825. The molecule has 0 fully saturated rings. The van der Waals surface area contributed by atoms with Gasteiger partial charge in [0.25, 0.3) is 15.7 Å². The number of nitro benzene ring substituents is 1. The molecule has 0 bridgehead atoms. The molecule has 12 nitrogen and oxygen atoms in total. The van der Waals surface area contributed by atoms with Gasteiger partial charge in [-0.25, -0.2) is 8.42 Å². The minimum absolute atomic E-state index is 0.0421. The first-order chi connectivity index (χ1) is 23.5. The number of carbonyl (C=O) groups is 2. The van der Waals surface area contributed by atoms with E-state index in [1.54, 1.807) is 36.4 Å². The van der Waals surface area contributed by atoms with E-state index < -0.39 is 39.3 Å². The maximum atomic E-state index is 14.6. The molecule has 0 aliphatic rings. The number of amides is 2. The lowest BCUT2D eigenvalue weighted by atomic mass is 10.0. The molecule has 0 aromatic heterocycles. The Labute approximate surface area is 286 Å². The molecule has 49 heavy (non-hydrogen) atoms. The Morgan fingerprint density at radius 2 is 1.55 bits per heavy atom. The van der Waals surface area contributed by atoms with Crippen LogP contribution in [-0.2, 0) is 32.6 Å². The number of benzene rings is 4. The fourth-order valence-corrected chi connectivity index (χ4v) is 6.67. The summed E-state index contributed by atoms with van der Waals surface area (Å²) in [6, 6.07) is 24.9. The van der Waals surface area contributed by atoms with Gasteiger partial charge < -0.3 is 19.7 Å². The predicted molar refractivity (Wildman–Crippen MR) is 186 cm³/mol. The minimum Gasteiger partial charge on any atom is -0.497 e. The molecular formula is C36H40N4O8S. The third-order valence-corrected chi connectivity index (χ3v) is 9.68. The number of hydrogen-bond donors (Lipinski definition) is 1. The maximum absolute atomic E-state index is 14.6. The normalized spacial score (nSPS) is 11.7. The van der Waals surface area contributed by atoms with Gasteiger partial charge in [-0.15, -0.1) is 0 Å². The number of rotatable bonds is 16. The first-order valence-corrected chi connectivity index (χ1v) is 17.1. The summed E-state index contributed by atoms with van der Waals surface area (Å²) in [5.41, 5.74) is 1.48. The Balaban J connectivity index is 1.84. The zero-order valence-corrected chi connectivity index (χ0v) is 28.7. The summed E-state index contributed by atoms with van der Waals surface area (Å²) in [5.74, 6) is -0.0664. The maximum Gasteiger partial charge on any atom is 0.273 e. The van der Waals surface area contributed by atoms with Gasteiger partial charge in [-0.05, 0) is 66.9 Å². The molecule has 4 aromatic rings. The van der Waals surface area contributed by atoms with Crippen molar-refractivity contribution < 1.29 is 32.4 Å². The number of nitro groups is 1. The van der Waals surface area contributed by atoms with Gasteiger partial charge in [-0.3, -0.25) is 24.0 Å². The van der Waals surface area contributed by atoms with E-state index in [2.05, 4.69) is 5.32 Å². The summed E-state index contributed by atoms with van der Waals surface area (Å²) in [6.45, 7) is 3.04. The molecule has 0 radical (unpaired) electrons. The van der Waals surface area contributed by atoms with Crippen LogP contribution in [-0.4, -0.2) is 63.4 Å². The lowest BCUT2D eigenvalue weighted by molar-refractivity contribution is -0.385. The van der Waals surface area contributed by atoms with Crippen molar-refractivity contribution >= 4 is 33.2 Å². The second kappa shape index (κ2) is 16.6. The van der Waals surface area contributed by atoms with Crippen LogP contribution in [0.4, 0.5) is 11.4 Å². The average molecular weight is 689 g/mol. The Bertz CT molecular complexity index is 1870. The van der Waals surface area contributed by atoms with Gasteiger partial charge in [-0.1, -0.05) is 55.5 Å². The van der Waals surface area contributed by atoms with E-state index in [1.165, 1.54) is 50.3 Å². The Morgan fingerprint density at radius 1 is 0.878 bits per heavy atom. The molecule has 0 saturated carbocycles. The van der Waals surface area contributed by atoms with E-state index in [0.717, 1.165) is 15.9 Å². The highest BCUT2D eigenvalue weighted by molar-refractivity contribution is 7.92. The number of nitrogens with one attached hydrogen (secondary N) is 1.